The summed E-state index contributed by atoms with van der Waals surface area (Å²) in [6.45, 7) is 0. The number of amides is 2. The molecule has 0 bridgehead atoms. The normalized spacial score (nSPS) is 10.1. The van der Waals surface area contributed by atoms with Gasteiger partial charge in [0.15, 0.2) is 5.11 Å². The van der Waals surface area contributed by atoms with Crippen molar-refractivity contribution in [3.8, 4) is 0 Å². The fourth-order valence-corrected chi connectivity index (χ4v) is 2.85. The molecule has 0 spiro atoms. The zero-order valence-corrected chi connectivity index (χ0v) is 16.3. The Balaban J connectivity index is 1.91. The highest BCUT2D eigenvalue weighted by Crippen LogP contribution is 2.20. The summed E-state index contributed by atoms with van der Waals surface area (Å²) in [7, 11) is 1.61. The number of thiocarbonyl (C=S) groups is 1. The number of carbonyl (C=O) groups is 2. The summed E-state index contributed by atoms with van der Waals surface area (Å²) in [4.78, 5) is 23.5. The van der Waals surface area contributed by atoms with Crippen LogP contribution in [0.4, 0.5) is 5.69 Å². The molecule has 2 aromatic carbocycles. The summed E-state index contributed by atoms with van der Waals surface area (Å²) in [5.41, 5.74) is 2.04. The number of hydrogen-bond acceptors (Lipinski definition) is 3. The number of carbonyl (C=O) groups excluding carboxylic acids is 2. The quantitative estimate of drug-likeness (QED) is 0.656. The molecule has 26 heavy (non-hydrogen) atoms. The standard InChI is InChI=1S/C18H17Cl2N3O2S/c1-21-16(24)9-4-11-2-6-13(7-3-11)22-18(26)23-17(25)14-8-5-12(19)10-15(14)20/h2-3,5-8,10H,4,9H2,1H3,(H,21,24)(H2,22,23,25,26). The largest absolute Gasteiger partial charge is 0.359 e. The summed E-state index contributed by atoms with van der Waals surface area (Å²) in [5.74, 6) is -0.427. The van der Waals surface area contributed by atoms with Crippen molar-refractivity contribution in [1.29, 1.82) is 0 Å². The Morgan fingerprint density at radius 3 is 2.38 bits per heavy atom. The van der Waals surface area contributed by atoms with Crippen LogP contribution in [0.25, 0.3) is 0 Å². The average molecular weight is 410 g/mol. The van der Waals surface area contributed by atoms with Crippen molar-refractivity contribution in [2.24, 2.45) is 0 Å². The third kappa shape index (κ3) is 5.98. The lowest BCUT2D eigenvalue weighted by molar-refractivity contribution is -0.120. The second kappa shape index (κ2) is 9.52. The van der Waals surface area contributed by atoms with Gasteiger partial charge in [0.05, 0.1) is 10.6 Å². The minimum absolute atomic E-state index is 0.00282. The lowest BCUT2D eigenvalue weighted by atomic mass is 10.1. The van der Waals surface area contributed by atoms with Gasteiger partial charge in [-0.05, 0) is 54.5 Å². The predicted molar refractivity (Wildman–Crippen MR) is 109 cm³/mol. The highest BCUT2D eigenvalue weighted by molar-refractivity contribution is 7.80. The second-order valence-electron chi connectivity index (χ2n) is 5.40. The van der Waals surface area contributed by atoms with Gasteiger partial charge in [0.1, 0.15) is 0 Å². The molecule has 0 atom stereocenters. The van der Waals surface area contributed by atoms with Crippen molar-refractivity contribution in [2.75, 3.05) is 12.4 Å². The van der Waals surface area contributed by atoms with E-state index in [4.69, 9.17) is 35.4 Å². The monoisotopic (exact) mass is 409 g/mol. The first-order valence-corrected chi connectivity index (χ1v) is 8.92. The fraction of sp³-hybridized carbons (Fsp3) is 0.167. The lowest BCUT2D eigenvalue weighted by Gasteiger charge is -2.11. The van der Waals surface area contributed by atoms with Gasteiger partial charge in [0.25, 0.3) is 5.91 Å². The van der Waals surface area contributed by atoms with Crippen molar-refractivity contribution in [3.05, 3.63) is 63.6 Å². The van der Waals surface area contributed by atoms with E-state index in [1.807, 2.05) is 24.3 Å². The number of benzene rings is 2. The molecule has 2 aromatic rings. The van der Waals surface area contributed by atoms with Gasteiger partial charge in [-0.1, -0.05) is 35.3 Å². The number of rotatable bonds is 5. The van der Waals surface area contributed by atoms with Crippen LogP contribution in [-0.2, 0) is 11.2 Å². The maximum Gasteiger partial charge on any atom is 0.258 e. The van der Waals surface area contributed by atoms with Gasteiger partial charge in [-0.3, -0.25) is 14.9 Å². The molecule has 0 aliphatic carbocycles. The van der Waals surface area contributed by atoms with Gasteiger partial charge in [-0.2, -0.15) is 0 Å². The van der Waals surface area contributed by atoms with E-state index in [1.165, 1.54) is 12.1 Å². The molecular weight excluding hydrogens is 393 g/mol. The molecule has 0 fully saturated rings. The second-order valence-corrected chi connectivity index (χ2v) is 6.65. The van der Waals surface area contributed by atoms with Crippen LogP contribution in [0.15, 0.2) is 42.5 Å². The van der Waals surface area contributed by atoms with Gasteiger partial charge < -0.3 is 10.6 Å². The Kier molecular flexibility index (Phi) is 7.38. The molecule has 136 valence electrons. The van der Waals surface area contributed by atoms with Crippen LogP contribution in [0, 0.1) is 0 Å². The molecule has 2 rings (SSSR count). The molecule has 0 heterocycles. The van der Waals surface area contributed by atoms with Crippen molar-refractivity contribution in [2.45, 2.75) is 12.8 Å². The van der Waals surface area contributed by atoms with Gasteiger partial charge in [0, 0.05) is 24.2 Å². The molecule has 0 radical (unpaired) electrons. The molecule has 2 amide bonds. The number of nitrogens with one attached hydrogen (secondary N) is 3. The maximum absolute atomic E-state index is 12.2. The number of hydrogen-bond donors (Lipinski definition) is 3. The Morgan fingerprint density at radius 1 is 1.08 bits per heavy atom. The van der Waals surface area contributed by atoms with E-state index in [0.717, 1.165) is 11.3 Å². The van der Waals surface area contributed by atoms with Crippen LogP contribution in [0.2, 0.25) is 10.0 Å². The van der Waals surface area contributed by atoms with Crippen molar-refractivity contribution >= 4 is 58.0 Å². The smallest absolute Gasteiger partial charge is 0.258 e. The molecule has 3 N–H and O–H groups in total. The molecule has 0 aromatic heterocycles. The van der Waals surface area contributed by atoms with Gasteiger partial charge in [-0.15, -0.1) is 0 Å². The molecule has 0 aliphatic rings. The van der Waals surface area contributed by atoms with Crippen LogP contribution in [0.3, 0.4) is 0 Å². The van der Waals surface area contributed by atoms with E-state index in [0.29, 0.717) is 17.9 Å². The third-order valence-electron chi connectivity index (χ3n) is 3.53. The summed E-state index contributed by atoms with van der Waals surface area (Å²) in [6.07, 6.45) is 1.08. The highest BCUT2D eigenvalue weighted by atomic mass is 35.5. The van der Waals surface area contributed by atoms with E-state index in [-0.39, 0.29) is 21.6 Å². The summed E-state index contributed by atoms with van der Waals surface area (Å²) in [5, 5.41) is 8.93. The molecule has 0 unspecified atom stereocenters. The van der Waals surface area contributed by atoms with E-state index in [9.17, 15) is 9.59 Å². The van der Waals surface area contributed by atoms with Crippen LogP contribution in [0.5, 0.6) is 0 Å². The third-order valence-corrected chi connectivity index (χ3v) is 4.29. The average Bonchev–Trinajstić information content (AvgIpc) is 2.60. The van der Waals surface area contributed by atoms with E-state index >= 15 is 0 Å². The van der Waals surface area contributed by atoms with Gasteiger partial charge in [-0.25, -0.2) is 0 Å². The summed E-state index contributed by atoms with van der Waals surface area (Å²) in [6, 6.07) is 12.0. The molecule has 5 nitrogen and oxygen atoms in total. The van der Waals surface area contributed by atoms with Gasteiger partial charge >= 0.3 is 0 Å². The van der Waals surface area contributed by atoms with Crippen LogP contribution in [-0.4, -0.2) is 24.0 Å². The Labute approximate surface area is 167 Å². The van der Waals surface area contributed by atoms with Crippen LogP contribution < -0.4 is 16.0 Å². The van der Waals surface area contributed by atoms with E-state index in [1.54, 1.807) is 13.1 Å². The van der Waals surface area contributed by atoms with Crippen LogP contribution >= 0.6 is 35.4 Å². The number of halogens is 2. The summed E-state index contributed by atoms with van der Waals surface area (Å²) < 4.78 is 0. The highest BCUT2D eigenvalue weighted by Gasteiger charge is 2.12. The minimum Gasteiger partial charge on any atom is -0.359 e. The Hall–Kier alpha value is -2.15. The Morgan fingerprint density at radius 2 is 1.77 bits per heavy atom. The van der Waals surface area contributed by atoms with E-state index in [2.05, 4.69) is 16.0 Å². The molecular formula is C18H17Cl2N3O2S. The van der Waals surface area contributed by atoms with Crippen LogP contribution in [0.1, 0.15) is 22.3 Å². The molecule has 0 aliphatic heterocycles. The number of anilines is 1. The Bertz CT molecular complexity index is 826. The van der Waals surface area contributed by atoms with Crippen molar-refractivity contribution in [1.82, 2.24) is 10.6 Å². The summed E-state index contributed by atoms with van der Waals surface area (Å²) >= 11 is 17.0. The molecule has 8 heteroatoms. The zero-order valence-electron chi connectivity index (χ0n) is 13.9. The van der Waals surface area contributed by atoms with E-state index < -0.39 is 5.91 Å². The first-order valence-electron chi connectivity index (χ1n) is 7.76. The fourth-order valence-electron chi connectivity index (χ4n) is 2.14. The maximum atomic E-state index is 12.2. The SMILES string of the molecule is CNC(=O)CCc1ccc(NC(=S)NC(=O)c2ccc(Cl)cc2Cl)cc1. The lowest BCUT2D eigenvalue weighted by Crippen LogP contribution is -2.34. The first-order chi connectivity index (χ1) is 12.4. The first kappa shape index (κ1) is 20.2. The van der Waals surface area contributed by atoms with Gasteiger partial charge in [0.2, 0.25) is 5.91 Å². The molecule has 0 saturated carbocycles. The minimum atomic E-state index is -0.425. The van der Waals surface area contributed by atoms with Crippen molar-refractivity contribution < 1.29 is 9.59 Å². The molecule has 0 saturated heterocycles. The predicted octanol–water partition coefficient (Wildman–Crippen LogP) is 3.80. The zero-order chi connectivity index (χ0) is 19.1. The van der Waals surface area contributed by atoms with Crippen molar-refractivity contribution in [3.63, 3.8) is 0 Å². The topological polar surface area (TPSA) is 70.2 Å². The number of aryl methyl sites for hydroxylation is 1.